The lowest BCUT2D eigenvalue weighted by Gasteiger charge is -2.39. The number of rotatable bonds is 5. The Hall–Kier alpha value is -1.88. The number of hydrogen-bond donors (Lipinski definition) is 0. The van der Waals surface area contributed by atoms with Gasteiger partial charge >= 0.3 is 0 Å². The summed E-state index contributed by atoms with van der Waals surface area (Å²) in [4.78, 5) is 14.0. The molecule has 0 unspecified atom stereocenters. The number of hydrogen-bond acceptors (Lipinski definition) is 3. The Morgan fingerprint density at radius 1 is 1.08 bits per heavy atom. The smallest absolute Gasteiger partial charge is 0.228 e. The van der Waals surface area contributed by atoms with Crippen LogP contribution in [0.15, 0.2) is 48.5 Å². The highest BCUT2D eigenvalue weighted by molar-refractivity contribution is 6.31. The molecule has 126 valence electrons. The molecular formula is C19H22ClN3O. The van der Waals surface area contributed by atoms with Crippen molar-refractivity contribution in [1.29, 1.82) is 0 Å². The van der Waals surface area contributed by atoms with Crippen LogP contribution >= 0.6 is 11.6 Å². The maximum absolute atomic E-state index is 11.6. The van der Waals surface area contributed by atoms with Gasteiger partial charge in [0.2, 0.25) is 6.41 Å². The number of anilines is 1. The Labute approximate surface area is 148 Å². The van der Waals surface area contributed by atoms with E-state index in [1.54, 1.807) is 5.01 Å². The van der Waals surface area contributed by atoms with Crippen LogP contribution in [0.5, 0.6) is 0 Å². The highest BCUT2D eigenvalue weighted by Crippen LogP contribution is 2.24. The van der Waals surface area contributed by atoms with Crippen LogP contribution < -0.4 is 5.01 Å². The molecule has 0 bridgehead atoms. The summed E-state index contributed by atoms with van der Waals surface area (Å²) >= 11 is 6.20. The molecule has 0 N–H and O–H groups in total. The lowest BCUT2D eigenvalue weighted by molar-refractivity contribution is -0.110. The van der Waals surface area contributed by atoms with Gasteiger partial charge in [-0.15, -0.1) is 0 Å². The normalized spacial score (nSPS) is 16.1. The number of benzene rings is 2. The summed E-state index contributed by atoms with van der Waals surface area (Å²) in [7, 11) is 0. The predicted molar refractivity (Wildman–Crippen MR) is 98.0 cm³/mol. The lowest BCUT2D eigenvalue weighted by Crippen LogP contribution is -2.53. The van der Waals surface area contributed by atoms with Crippen LogP contribution in [0.2, 0.25) is 5.02 Å². The zero-order chi connectivity index (χ0) is 16.9. The van der Waals surface area contributed by atoms with Crippen LogP contribution in [-0.2, 0) is 11.3 Å². The quantitative estimate of drug-likeness (QED) is 0.779. The molecule has 1 saturated heterocycles. The first-order valence-corrected chi connectivity index (χ1v) is 8.57. The van der Waals surface area contributed by atoms with Gasteiger partial charge in [0.15, 0.2) is 0 Å². The Morgan fingerprint density at radius 3 is 2.42 bits per heavy atom. The van der Waals surface area contributed by atoms with E-state index in [0.29, 0.717) is 5.02 Å². The van der Waals surface area contributed by atoms with Crippen LogP contribution in [0.1, 0.15) is 11.1 Å². The minimum atomic E-state index is 0.682. The molecule has 1 heterocycles. The van der Waals surface area contributed by atoms with Crippen LogP contribution in [0, 0.1) is 6.92 Å². The fourth-order valence-electron chi connectivity index (χ4n) is 2.97. The number of carbonyl (C=O) groups is 1. The predicted octanol–water partition coefficient (Wildman–Crippen LogP) is 3.34. The van der Waals surface area contributed by atoms with Crippen molar-refractivity contribution in [2.75, 3.05) is 31.2 Å². The van der Waals surface area contributed by atoms with Crippen LogP contribution in [-0.4, -0.2) is 42.5 Å². The van der Waals surface area contributed by atoms with Gasteiger partial charge in [0.1, 0.15) is 0 Å². The molecule has 2 aromatic rings. The second-order valence-electron chi connectivity index (χ2n) is 6.10. The highest BCUT2D eigenvalue weighted by Gasteiger charge is 2.22. The third-order valence-corrected chi connectivity index (χ3v) is 4.83. The number of amides is 1. The van der Waals surface area contributed by atoms with Crippen molar-refractivity contribution in [1.82, 2.24) is 9.91 Å². The largest absolute Gasteiger partial charge is 0.296 e. The van der Waals surface area contributed by atoms with Gasteiger partial charge in [-0.1, -0.05) is 48.0 Å². The average molecular weight is 344 g/mol. The van der Waals surface area contributed by atoms with E-state index in [1.165, 1.54) is 5.56 Å². The van der Waals surface area contributed by atoms with E-state index in [9.17, 15) is 4.79 Å². The molecule has 0 radical (unpaired) electrons. The average Bonchev–Trinajstić information content (AvgIpc) is 2.61. The molecule has 1 amide bonds. The zero-order valence-electron chi connectivity index (χ0n) is 13.9. The van der Waals surface area contributed by atoms with Crippen LogP contribution in [0.3, 0.4) is 0 Å². The molecule has 0 aliphatic carbocycles. The molecule has 0 aromatic heterocycles. The molecule has 2 aromatic carbocycles. The molecule has 1 aliphatic rings. The first-order chi connectivity index (χ1) is 11.7. The van der Waals surface area contributed by atoms with Crippen molar-refractivity contribution in [3.05, 3.63) is 64.7 Å². The number of hydrazine groups is 1. The molecule has 3 rings (SSSR count). The van der Waals surface area contributed by atoms with Gasteiger partial charge in [0.25, 0.3) is 0 Å². The fraction of sp³-hybridized carbons (Fsp3) is 0.316. The van der Waals surface area contributed by atoms with Crippen molar-refractivity contribution in [2.24, 2.45) is 0 Å². The third-order valence-electron chi connectivity index (χ3n) is 4.42. The summed E-state index contributed by atoms with van der Waals surface area (Å²) in [6.07, 6.45) is 0.869. The molecule has 1 aliphatic heterocycles. The van der Waals surface area contributed by atoms with Crippen molar-refractivity contribution in [2.45, 2.75) is 13.5 Å². The first kappa shape index (κ1) is 17.0. The summed E-state index contributed by atoms with van der Waals surface area (Å²) in [5.41, 5.74) is 3.15. The summed E-state index contributed by atoms with van der Waals surface area (Å²) in [5, 5.41) is 4.43. The molecule has 1 fully saturated rings. The number of aryl methyl sites for hydroxylation is 1. The van der Waals surface area contributed by atoms with Gasteiger partial charge in [-0.2, -0.15) is 0 Å². The second-order valence-corrected chi connectivity index (χ2v) is 6.51. The van der Waals surface area contributed by atoms with E-state index in [-0.39, 0.29) is 0 Å². The molecule has 0 atom stereocenters. The van der Waals surface area contributed by atoms with Crippen molar-refractivity contribution in [3.63, 3.8) is 0 Å². The minimum absolute atomic E-state index is 0.682. The van der Waals surface area contributed by atoms with Gasteiger partial charge in [-0.05, 0) is 30.2 Å². The van der Waals surface area contributed by atoms with E-state index in [2.05, 4.69) is 34.2 Å². The molecule has 5 heteroatoms. The highest BCUT2D eigenvalue weighted by atomic mass is 35.5. The standard InChI is InChI=1S/C19H22ClN3O/c1-16-7-8-18(13-19(16)20)23(15-24)22-11-9-21(10-12-22)14-17-5-3-2-4-6-17/h2-8,13,15H,9-12,14H2,1H3. The van der Waals surface area contributed by atoms with Crippen molar-refractivity contribution in [3.8, 4) is 0 Å². The van der Waals surface area contributed by atoms with E-state index >= 15 is 0 Å². The van der Waals surface area contributed by atoms with E-state index in [0.717, 1.165) is 50.4 Å². The topological polar surface area (TPSA) is 26.8 Å². The molecule has 24 heavy (non-hydrogen) atoms. The maximum atomic E-state index is 11.6. The number of carbonyl (C=O) groups excluding carboxylic acids is 1. The zero-order valence-corrected chi connectivity index (χ0v) is 14.6. The van der Waals surface area contributed by atoms with Gasteiger partial charge in [-0.3, -0.25) is 9.69 Å². The second kappa shape index (κ2) is 7.79. The molecule has 0 saturated carbocycles. The Morgan fingerprint density at radius 2 is 1.79 bits per heavy atom. The Balaban J connectivity index is 1.62. The fourth-order valence-corrected chi connectivity index (χ4v) is 3.14. The molecule has 4 nitrogen and oxygen atoms in total. The van der Waals surface area contributed by atoms with E-state index < -0.39 is 0 Å². The molecular weight excluding hydrogens is 322 g/mol. The van der Waals surface area contributed by atoms with Crippen LogP contribution in [0.4, 0.5) is 5.69 Å². The SMILES string of the molecule is Cc1ccc(N(C=O)N2CCN(Cc3ccccc3)CC2)cc1Cl. The summed E-state index contributed by atoms with van der Waals surface area (Å²) < 4.78 is 0. The first-order valence-electron chi connectivity index (χ1n) is 8.19. The van der Waals surface area contributed by atoms with Gasteiger partial charge in [-0.25, -0.2) is 10.0 Å². The van der Waals surface area contributed by atoms with Gasteiger partial charge in [0, 0.05) is 37.7 Å². The number of piperazine rings is 1. The number of halogens is 1. The van der Waals surface area contributed by atoms with Gasteiger partial charge in [0.05, 0.1) is 5.69 Å². The molecule has 0 spiro atoms. The lowest BCUT2D eigenvalue weighted by atomic mass is 10.2. The summed E-state index contributed by atoms with van der Waals surface area (Å²) in [6.45, 7) is 6.40. The summed E-state index contributed by atoms with van der Waals surface area (Å²) in [6, 6.07) is 16.2. The van der Waals surface area contributed by atoms with Crippen molar-refractivity contribution >= 4 is 23.7 Å². The van der Waals surface area contributed by atoms with E-state index in [4.69, 9.17) is 11.6 Å². The third kappa shape index (κ3) is 3.96. The van der Waals surface area contributed by atoms with Gasteiger partial charge < -0.3 is 0 Å². The number of nitrogens with zero attached hydrogens (tertiary/aromatic N) is 3. The Bertz CT molecular complexity index is 684. The summed E-state index contributed by atoms with van der Waals surface area (Å²) in [5.74, 6) is 0. The minimum Gasteiger partial charge on any atom is -0.296 e. The van der Waals surface area contributed by atoms with Crippen molar-refractivity contribution < 1.29 is 4.79 Å². The Kier molecular flexibility index (Phi) is 5.51. The maximum Gasteiger partial charge on any atom is 0.228 e. The monoisotopic (exact) mass is 343 g/mol. The van der Waals surface area contributed by atoms with E-state index in [1.807, 2.05) is 31.2 Å². The van der Waals surface area contributed by atoms with Crippen LogP contribution in [0.25, 0.3) is 0 Å².